The summed E-state index contributed by atoms with van der Waals surface area (Å²) in [5.41, 5.74) is 6.16. The molecule has 1 heterocycles. The summed E-state index contributed by atoms with van der Waals surface area (Å²) < 4.78 is 5.39. The van der Waals surface area contributed by atoms with Gasteiger partial charge in [-0.2, -0.15) is 4.98 Å². The fraction of sp³-hybridized carbons (Fsp3) is 0.875. The van der Waals surface area contributed by atoms with Crippen molar-refractivity contribution in [3.05, 3.63) is 11.7 Å². The Bertz CT molecular complexity index is 396. The van der Waals surface area contributed by atoms with E-state index in [1.807, 2.05) is 0 Å². The average molecular weight is 279 g/mol. The van der Waals surface area contributed by atoms with Crippen LogP contribution in [-0.2, 0) is 0 Å². The van der Waals surface area contributed by atoms with E-state index in [2.05, 4.69) is 30.9 Å². The Kier molecular flexibility index (Phi) is 5.58. The van der Waals surface area contributed by atoms with Gasteiger partial charge in [0, 0.05) is 5.92 Å². The van der Waals surface area contributed by atoms with Crippen LogP contribution in [0.1, 0.15) is 89.4 Å². The lowest BCUT2D eigenvalue weighted by molar-refractivity contribution is 0.288. The van der Waals surface area contributed by atoms with Crippen LogP contribution in [0, 0.1) is 11.8 Å². The second-order valence-corrected chi connectivity index (χ2v) is 6.41. The van der Waals surface area contributed by atoms with Crippen LogP contribution in [0.25, 0.3) is 0 Å². The van der Waals surface area contributed by atoms with Gasteiger partial charge in [-0.1, -0.05) is 45.2 Å². The van der Waals surface area contributed by atoms with Crippen molar-refractivity contribution in [1.29, 1.82) is 0 Å². The first-order valence-corrected chi connectivity index (χ1v) is 8.24. The minimum absolute atomic E-state index is 0.127. The Labute approximate surface area is 122 Å². The molecule has 2 atom stereocenters. The smallest absolute Gasteiger partial charge is 0.243 e. The predicted molar refractivity (Wildman–Crippen MR) is 80.3 cm³/mol. The topological polar surface area (TPSA) is 64.9 Å². The highest BCUT2D eigenvalue weighted by Crippen LogP contribution is 2.36. The maximum absolute atomic E-state index is 6.16. The van der Waals surface area contributed by atoms with Gasteiger partial charge < -0.3 is 10.3 Å². The fourth-order valence-electron chi connectivity index (χ4n) is 3.16. The van der Waals surface area contributed by atoms with Gasteiger partial charge in [0.05, 0.1) is 6.04 Å². The largest absolute Gasteiger partial charge is 0.338 e. The second kappa shape index (κ2) is 7.21. The molecule has 0 radical (unpaired) electrons. The summed E-state index contributed by atoms with van der Waals surface area (Å²) in [6.45, 7) is 6.54. The molecule has 1 fully saturated rings. The molecule has 4 nitrogen and oxygen atoms in total. The lowest BCUT2D eigenvalue weighted by atomic mass is 9.80. The molecule has 0 aliphatic heterocycles. The number of hydrogen-bond donors (Lipinski definition) is 1. The maximum atomic E-state index is 6.16. The van der Waals surface area contributed by atoms with Crippen molar-refractivity contribution in [2.75, 3.05) is 0 Å². The number of nitrogens with zero attached hydrogens (tertiary/aromatic N) is 2. The van der Waals surface area contributed by atoms with Gasteiger partial charge in [-0.25, -0.2) is 0 Å². The van der Waals surface area contributed by atoms with Crippen molar-refractivity contribution in [3.8, 4) is 0 Å². The van der Waals surface area contributed by atoms with Crippen LogP contribution in [0.4, 0.5) is 0 Å². The van der Waals surface area contributed by atoms with Crippen LogP contribution >= 0.6 is 0 Å². The summed E-state index contributed by atoms with van der Waals surface area (Å²) in [7, 11) is 0. The van der Waals surface area contributed by atoms with Crippen molar-refractivity contribution in [2.45, 2.75) is 77.7 Å². The van der Waals surface area contributed by atoms with E-state index in [1.54, 1.807) is 0 Å². The summed E-state index contributed by atoms with van der Waals surface area (Å²) in [4.78, 5) is 4.57. The molecule has 1 saturated carbocycles. The first kappa shape index (κ1) is 15.5. The quantitative estimate of drug-likeness (QED) is 0.848. The molecule has 2 N–H and O–H groups in total. The van der Waals surface area contributed by atoms with Crippen LogP contribution in [-0.4, -0.2) is 10.1 Å². The minimum atomic E-state index is -0.127. The van der Waals surface area contributed by atoms with Gasteiger partial charge >= 0.3 is 0 Å². The predicted octanol–water partition coefficient (Wildman–Crippen LogP) is 4.19. The molecule has 1 unspecified atom stereocenters. The third kappa shape index (κ3) is 3.60. The van der Waals surface area contributed by atoms with E-state index in [1.165, 1.54) is 38.5 Å². The zero-order valence-corrected chi connectivity index (χ0v) is 13.1. The Balaban J connectivity index is 1.93. The highest BCUT2D eigenvalue weighted by molar-refractivity contribution is 5.00. The minimum Gasteiger partial charge on any atom is -0.338 e. The SMILES string of the molecule is CCCC1CCC(c2noc([C@@H](N)C(C)CC)n2)CC1. The van der Waals surface area contributed by atoms with Crippen LogP contribution in [0.2, 0.25) is 0 Å². The van der Waals surface area contributed by atoms with Gasteiger partial charge in [0.25, 0.3) is 0 Å². The Morgan fingerprint density at radius 2 is 1.95 bits per heavy atom. The third-order valence-electron chi connectivity index (χ3n) is 4.91. The van der Waals surface area contributed by atoms with Gasteiger partial charge in [-0.3, -0.25) is 0 Å². The standard InChI is InChI=1S/C16H29N3O/c1-4-6-12-7-9-13(10-8-12)15-18-16(20-19-15)14(17)11(3)5-2/h11-14H,4-10,17H2,1-3H3/t11?,12?,13?,14-/m0/s1. The lowest BCUT2D eigenvalue weighted by Crippen LogP contribution is -2.19. The molecule has 1 aliphatic rings. The summed E-state index contributed by atoms with van der Waals surface area (Å²) in [5, 5.41) is 4.18. The summed E-state index contributed by atoms with van der Waals surface area (Å²) in [5.74, 6) is 3.26. The zero-order valence-electron chi connectivity index (χ0n) is 13.1. The molecular weight excluding hydrogens is 250 g/mol. The van der Waals surface area contributed by atoms with E-state index in [4.69, 9.17) is 10.3 Å². The molecule has 1 aliphatic carbocycles. The monoisotopic (exact) mass is 279 g/mol. The third-order valence-corrected chi connectivity index (χ3v) is 4.91. The van der Waals surface area contributed by atoms with Crippen LogP contribution in [0.5, 0.6) is 0 Å². The van der Waals surface area contributed by atoms with Gasteiger partial charge in [0.1, 0.15) is 0 Å². The van der Waals surface area contributed by atoms with Crippen molar-refractivity contribution >= 4 is 0 Å². The summed E-state index contributed by atoms with van der Waals surface area (Å²) in [6, 6.07) is -0.127. The molecule has 4 heteroatoms. The maximum Gasteiger partial charge on any atom is 0.243 e. The van der Waals surface area contributed by atoms with Crippen LogP contribution < -0.4 is 5.73 Å². The molecular formula is C16H29N3O. The Morgan fingerprint density at radius 3 is 2.55 bits per heavy atom. The van der Waals surface area contributed by atoms with E-state index in [0.717, 1.165) is 18.2 Å². The number of nitrogens with two attached hydrogens (primary N) is 1. The van der Waals surface area contributed by atoms with Crippen molar-refractivity contribution in [2.24, 2.45) is 17.6 Å². The van der Waals surface area contributed by atoms with Gasteiger partial charge in [-0.05, 0) is 37.5 Å². The van der Waals surface area contributed by atoms with Crippen LogP contribution in [0.15, 0.2) is 4.52 Å². The number of rotatable bonds is 6. The van der Waals surface area contributed by atoms with E-state index < -0.39 is 0 Å². The average Bonchev–Trinajstić information content (AvgIpc) is 2.96. The van der Waals surface area contributed by atoms with Gasteiger partial charge in [0.15, 0.2) is 5.82 Å². The van der Waals surface area contributed by atoms with E-state index in [-0.39, 0.29) is 6.04 Å². The van der Waals surface area contributed by atoms with Gasteiger partial charge in [-0.15, -0.1) is 0 Å². The highest BCUT2D eigenvalue weighted by atomic mass is 16.5. The van der Waals surface area contributed by atoms with E-state index in [0.29, 0.717) is 17.7 Å². The lowest BCUT2D eigenvalue weighted by Gasteiger charge is -2.26. The molecule has 0 spiro atoms. The molecule has 2 rings (SSSR count). The molecule has 114 valence electrons. The fourth-order valence-corrected chi connectivity index (χ4v) is 3.16. The molecule has 20 heavy (non-hydrogen) atoms. The number of hydrogen-bond acceptors (Lipinski definition) is 4. The van der Waals surface area contributed by atoms with Gasteiger partial charge in [0.2, 0.25) is 5.89 Å². The van der Waals surface area contributed by atoms with Crippen molar-refractivity contribution in [1.82, 2.24) is 10.1 Å². The second-order valence-electron chi connectivity index (χ2n) is 6.41. The molecule has 0 aromatic carbocycles. The van der Waals surface area contributed by atoms with Crippen LogP contribution in [0.3, 0.4) is 0 Å². The first-order chi connectivity index (χ1) is 9.65. The van der Waals surface area contributed by atoms with Crippen molar-refractivity contribution in [3.63, 3.8) is 0 Å². The normalized spacial score (nSPS) is 26.4. The molecule has 1 aromatic heterocycles. The molecule has 1 aromatic rings. The molecule has 0 amide bonds. The van der Waals surface area contributed by atoms with E-state index in [9.17, 15) is 0 Å². The summed E-state index contributed by atoms with van der Waals surface area (Å²) in [6.07, 6.45) is 8.69. The number of aromatic nitrogens is 2. The van der Waals surface area contributed by atoms with Crippen molar-refractivity contribution < 1.29 is 4.52 Å². The zero-order chi connectivity index (χ0) is 14.5. The highest BCUT2D eigenvalue weighted by Gasteiger charge is 2.27. The molecule has 0 bridgehead atoms. The Morgan fingerprint density at radius 1 is 1.25 bits per heavy atom. The van der Waals surface area contributed by atoms with E-state index >= 15 is 0 Å². The Hall–Kier alpha value is -0.900. The summed E-state index contributed by atoms with van der Waals surface area (Å²) >= 11 is 0. The first-order valence-electron chi connectivity index (χ1n) is 8.24. The molecule has 0 saturated heterocycles.